The van der Waals surface area contributed by atoms with Gasteiger partial charge >= 0.3 is 0 Å². The number of hydrogen-bond donors (Lipinski definition) is 1. The summed E-state index contributed by atoms with van der Waals surface area (Å²) < 4.78 is 41.2. The topological polar surface area (TPSA) is 66.5 Å². The number of sulfonamides is 1. The van der Waals surface area contributed by atoms with Gasteiger partial charge in [0.15, 0.2) is 0 Å². The van der Waals surface area contributed by atoms with Gasteiger partial charge in [0.1, 0.15) is 10.7 Å². The van der Waals surface area contributed by atoms with Crippen LogP contribution in [0.2, 0.25) is 5.02 Å². The number of anilines is 1. The number of carbonyl (C=O) groups is 1. The first-order valence-corrected chi connectivity index (χ1v) is 9.61. The summed E-state index contributed by atoms with van der Waals surface area (Å²) in [6.45, 7) is 1.25. The van der Waals surface area contributed by atoms with Crippen molar-refractivity contribution in [3.63, 3.8) is 0 Å². The smallest absolute Gasteiger partial charge is 0.264 e. The van der Waals surface area contributed by atoms with E-state index in [0.717, 1.165) is 25.0 Å². The molecule has 0 unspecified atom stereocenters. The zero-order valence-corrected chi connectivity index (χ0v) is 14.8. The van der Waals surface area contributed by atoms with Crippen LogP contribution in [0.4, 0.5) is 10.1 Å². The molecule has 8 heteroatoms. The van der Waals surface area contributed by atoms with Gasteiger partial charge < -0.3 is 4.90 Å². The predicted octanol–water partition coefficient (Wildman–Crippen LogP) is 3.52. The summed E-state index contributed by atoms with van der Waals surface area (Å²) >= 11 is 5.95. The van der Waals surface area contributed by atoms with E-state index < -0.39 is 20.7 Å². The van der Waals surface area contributed by atoms with Gasteiger partial charge in [0.25, 0.3) is 15.9 Å². The fraction of sp³-hybridized carbons (Fsp3) is 0.235. The molecule has 0 bridgehead atoms. The molecular formula is C17H16ClFN2O3S. The van der Waals surface area contributed by atoms with Gasteiger partial charge in [-0.15, -0.1) is 0 Å². The van der Waals surface area contributed by atoms with E-state index in [2.05, 4.69) is 4.72 Å². The van der Waals surface area contributed by atoms with Crippen LogP contribution in [0.15, 0.2) is 47.4 Å². The van der Waals surface area contributed by atoms with Crippen LogP contribution in [0.1, 0.15) is 23.2 Å². The van der Waals surface area contributed by atoms with E-state index in [1.807, 2.05) is 0 Å². The maximum atomic E-state index is 13.9. The molecule has 3 rings (SSSR count). The van der Waals surface area contributed by atoms with E-state index in [1.54, 1.807) is 4.90 Å². The molecule has 1 N–H and O–H groups in total. The second kappa shape index (κ2) is 7.01. The van der Waals surface area contributed by atoms with E-state index in [9.17, 15) is 17.6 Å². The molecule has 0 spiro atoms. The highest BCUT2D eigenvalue weighted by Gasteiger charge is 2.25. The number of carbonyl (C=O) groups excluding carboxylic acids is 1. The lowest BCUT2D eigenvalue weighted by atomic mass is 10.1. The number of rotatable bonds is 4. The Balaban J connectivity index is 1.98. The van der Waals surface area contributed by atoms with E-state index in [-0.39, 0.29) is 22.2 Å². The van der Waals surface area contributed by atoms with E-state index in [0.29, 0.717) is 13.1 Å². The van der Waals surface area contributed by atoms with Gasteiger partial charge in [0, 0.05) is 18.1 Å². The Kier molecular flexibility index (Phi) is 4.96. The van der Waals surface area contributed by atoms with Gasteiger partial charge in [0.05, 0.1) is 11.3 Å². The van der Waals surface area contributed by atoms with Gasteiger partial charge in [0.2, 0.25) is 0 Å². The van der Waals surface area contributed by atoms with E-state index >= 15 is 0 Å². The van der Waals surface area contributed by atoms with Crippen LogP contribution in [-0.2, 0) is 10.0 Å². The molecule has 5 nitrogen and oxygen atoms in total. The Morgan fingerprint density at radius 2 is 1.80 bits per heavy atom. The van der Waals surface area contributed by atoms with Crippen molar-refractivity contribution in [2.75, 3.05) is 17.8 Å². The van der Waals surface area contributed by atoms with Crippen LogP contribution in [-0.4, -0.2) is 32.3 Å². The fourth-order valence-corrected chi connectivity index (χ4v) is 4.06. The van der Waals surface area contributed by atoms with Crippen molar-refractivity contribution in [2.24, 2.45) is 0 Å². The number of nitrogens with zero attached hydrogens (tertiary/aromatic N) is 1. The molecule has 1 saturated heterocycles. The number of halogens is 2. The number of nitrogens with one attached hydrogen (secondary N) is 1. The average Bonchev–Trinajstić information content (AvgIpc) is 3.09. The normalized spacial score (nSPS) is 14.6. The predicted molar refractivity (Wildman–Crippen MR) is 93.8 cm³/mol. The molecular weight excluding hydrogens is 367 g/mol. The average molecular weight is 383 g/mol. The SMILES string of the molecule is O=C(c1ccc(Cl)cc1NS(=O)(=O)c1ccccc1F)N1CCCC1. The van der Waals surface area contributed by atoms with E-state index in [1.165, 1.54) is 30.3 Å². The molecule has 0 radical (unpaired) electrons. The summed E-state index contributed by atoms with van der Waals surface area (Å²) in [5, 5.41) is 0.268. The molecule has 2 aromatic rings. The van der Waals surface area contributed by atoms with Crippen LogP contribution in [0, 0.1) is 5.82 Å². The lowest BCUT2D eigenvalue weighted by molar-refractivity contribution is 0.0794. The maximum Gasteiger partial charge on any atom is 0.264 e. The number of hydrogen-bond acceptors (Lipinski definition) is 3. The van der Waals surface area contributed by atoms with Crippen molar-refractivity contribution < 1.29 is 17.6 Å². The van der Waals surface area contributed by atoms with Gasteiger partial charge in [-0.2, -0.15) is 0 Å². The highest BCUT2D eigenvalue weighted by molar-refractivity contribution is 7.92. The highest BCUT2D eigenvalue weighted by Crippen LogP contribution is 2.27. The molecule has 1 aliphatic heterocycles. The van der Waals surface area contributed by atoms with Crippen molar-refractivity contribution in [2.45, 2.75) is 17.7 Å². The molecule has 1 aliphatic rings. The standard InChI is InChI=1S/C17H16ClFN2O3S/c18-12-7-8-13(17(22)21-9-3-4-10-21)15(11-12)20-25(23,24)16-6-2-1-5-14(16)19/h1-2,5-8,11,20H,3-4,9-10H2. The van der Waals surface area contributed by atoms with Crippen molar-refractivity contribution in [1.82, 2.24) is 4.90 Å². The minimum absolute atomic E-state index is 0.0349. The summed E-state index contributed by atoms with van der Waals surface area (Å²) in [5.74, 6) is -1.15. The van der Waals surface area contributed by atoms with Crippen LogP contribution in [0.5, 0.6) is 0 Å². The van der Waals surface area contributed by atoms with Crippen LogP contribution in [0.3, 0.4) is 0 Å². The van der Waals surface area contributed by atoms with Crippen molar-refractivity contribution in [3.8, 4) is 0 Å². The molecule has 1 heterocycles. The zero-order valence-electron chi connectivity index (χ0n) is 13.2. The third-order valence-corrected chi connectivity index (χ3v) is 5.61. The molecule has 0 saturated carbocycles. The minimum atomic E-state index is -4.19. The molecule has 1 amide bonds. The van der Waals surface area contributed by atoms with Crippen molar-refractivity contribution in [1.29, 1.82) is 0 Å². The zero-order chi connectivity index (χ0) is 18.0. The molecule has 132 valence electrons. The first kappa shape index (κ1) is 17.7. The fourth-order valence-electron chi connectivity index (χ4n) is 2.74. The summed E-state index contributed by atoms with van der Waals surface area (Å²) in [6, 6.07) is 9.38. The van der Waals surface area contributed by atoms with Gasteiger partial charge in [-0.3, -0.25) is 9.52 Å². The number of amides is 1. The monoisotopic (exact) mass is 382 g/mol. The van der Waals surface area contributed by atoms with Crippen LogP contribution >= 0.6 is 11.6 Å². The summed E-state index contributed by atoms with van der Waals surface area (Å²) in [5.41, 5.74) is 0.221. The molecule has 2 aromatic carbocycles. The second-order valence-electron chi connectivity index (χ2n) is 5.73. The maximum absolute atomic E-state index is 13.9. The lowest BCUT2D eigenvalue weighted by Gasteiger charge is -2.18. The largest absolute Gasteiger partial charge is 0.339 e. The Morgan fingerprint density at radius 3 is 2.48 bits per heavy atom. The Morgan fingerprint density at radius 1 is 1.12 bits per heavy atom. The molecule has 0 aromatic heterocycles. The molecule has 0 aliphatic carbocycles. The number of benzene rings is 2. The summed E-state index contributed by atoms with van der Waals surface area (Å²) in [4.78, 5) is 13.8. The third-order valence-electron chi connectivity index (χ3n) is 3.98. The summed E-state index contributed by atoms with van der Waals surface area (Å²) in [6.07, 6.45) is 1.82. The van der Waals surface area contributed by atoms with E-state index in [4.69, 9.17) is 11.6 Å². The number of likely N-dealkylation sites (tertiary alicyclic amines) is 1. The highest BCUT2D eigenvalue weighted by atomic mass is 35.5. The first-order chi connectivity index (χ1) is 11.9. The Labute approximate surface area is 150 Å². The summed E-state index contributed by atoms with van der Waals surface area (Å²) in [7, 11) is -4.19. The second-order valence-corrected chi connectivity index (χ2v) is 7.81. The van der Waals surface area contributed by atoms with Crippen molar-refractivity contribution in [3.05, 3.63) is 58.9 Å². The minimum Gasteiger partial charge on any atom is -0.339 e. The molecule has 1 fully saturated rings. The van der Waals surface area contributed by atoms with Gasteiger partial charge in [-0.25, -0.2) is 12.8 Å². The molecule has 25 heavy (non-hydrogen) atoms. The van der Waals surface area contributed by atoms with Crippen LogP contribution in [0.25, 0.3) is 0 Å². The quantitative estimate of drug-likeness (QED) is 0.879. The first-order valence-electron chi connectivity index (χ1n) is 7.75. The van der Waals surface area contributed by atoms with Gasteiger partial charge in [-0.05, 0) is 43.2 Å². The Hall–Kier alpha value is -2.12. The Bertz CT molecular complexity index is 912. The lowest BCUT2D eigenvalue weighted by Crippen LogP contribution is -2.29. The van der Waals surface area contributed by atoms with Crippen molar-refractivity contribution >= 4 is 33.2 Å². The van der Waals surface area contributed by atoms with Gasteiger partial charge in [-0.1, -0.05) is 23.7 Å². The third kappa shape index (κ3) is 3.77. The molecule has 0 atom stereocenters. The van der Waals surface area contributed by atoms with Crippen LogP contribution < -0.4 is 4.72 Å².